The monoisotopic (exact) mass is 135 g/mol. The van der Waals surface area contributed by atoms with E-state index in [1.165, 1.54) is 0 Å². The number of hydrogen-bond donors (Lipinski definition) is 0. The summed E-state index contributed by atoms with van der Waals surface area (Å²) in [4.78, 5) is 4.03. The summed E-state index contributed by atoms with van der Waals surface area (Å²) >= 11 is 0. The van der Waals surface area contributed by atoms with Gasteiger partial charge in [-0.1, -0.05) is 5.16 Å². The normalized spacial score (nSPS) is 10.5. The number of fused-ring (bicyclic) bond motifs is 1. The third kappa shape index (κ3) is 0.586. The summed E-state index contributed by atoms with van der Waals surface area (Å²) < 4.78 is 4.46. The van der Waals surface area contributed by atoms with Crippen LogP contribution in [0.1, 0.15) is 5.69 Å². The Labute approximate surface area is 57.2 Å². The van der Waals surface area contributed by atoms with E-state index in [2.05, 4.69) is 19.9 Å². The maximum absolute atomic E-state index is 4.46. The second-order valence-corrected chi connectivity index (χ2v) is 2.05. The van der Waals surface area contributed by atoms with Gasteiger partial charge in [-0.15, -0.1) is 0 Å². The molecule has 2 aliphatic rings. The number of aromatic nitrogens is 3. The van der Waals surface area contributed by atoms with Crippen LogP contribution in [-0.2, 0) is 0 Å². The zero-order valence-electron chi connectivity index (χ0n) is 5.40. The zero-order chi connectivity index (χ0) is 6.97. The molecule has 50 valence electrons. The van der Waals surface area contributed by atoms with E-state index in [0.717, 1.165) is 17.0 Å². The average Bonchev–Trinajstić information content (AvgIpc) is 2.34. The van der Waals surface area contributed by atoms with Crippen LogP contribution in [0.5, 0.6) is 0 Å². The van der Waals surface area contributed by atoms with E-state index in [1.54, 1.807) is 12.4 Å². The quantitative estimate of drug-likeness (QED) is 0.538. The molecule has 0 unspecified atom stereocenters. The van der Waals surface area contributed by atoms with Crippen molar-refractivity contribution in [2.75, 3.05) is 0 Å². The lowest BCUT2D eigenvalue weighted by Crippen LogP contribution is -1.82. The summed E-state index contributed by atoms with van der Waals surface area (Å²) in [5, 5.41) is 7.17. The van der Waals surface area contributed by atoms with Crippen molar-refractivity contribution < 1.29 is 4.63 Å². The molecule has 0 N–H and O–H groups in total. The van der Waals surface area contributed by atoms with Crippen molar-refractivity contribution in [2.45, 2.75) is 6.92 Å². The van der Waals surface area contributed by atoms with Crippen molar-refractivity contribution >= 4 is 0 Å². The van der Waals surface area contributed by atoms with Gasteiger partial charge in [0.15, 0.2) is 0 Å². The fourth-order valence-electron chi connectivity index (χ4n) is 0.859. The maximum Gasteiger partial charge on any atom is 0.135 e. The number of hydrogen-bond acceptors (Lipinski definition) is 4. The van der Waals surface area contributed by atoms with Gasteiger partial charge in [0.05, 0.1) is 12.4 Å². The Kier molecular flexibility index (Phi) is 0.943. The zero-order valence-corrected chi connectivity index (χ0v) is 5.40. The molecule has 0 aromatic carbocycles. The van der Waals surface area contributed by atoms with Gasteiger partial charge < -0.3 is 0 Å². The number of nitrogens with zero attached hydrogens (tertiary/aromatic N) is 3. The Morgan fingerprint density at radius 2 is 2.30 bits per heavy atom. The Bertz CT molecular complexity index is 317. The van der Waals surface area contributed by atoms with Gasteiger partial charge in [-0.25, -0.2) is 4.63 Å². The summed E-state index contributed by atoms with van der Waals surface area (Å²) in [6.07, 6.45) is 3.28. The van der Waals surface area contributed by atoms with Crippen molar-refractivity contribution in [3.8, 4) is 11.3 Å². The van der Waals surface area contributed by atoms with Gasteiger partial charge in [0.25, 0.3) is 0 Å². The van der Waals surface area contributed by atoms with Crippen LogP contribution in [0.4, 0.5) is 0 Å². The predicted molar refractivity (Wildman–Crippen MR) is 33.5 cm³/mol. The third-order valence-corrected chi connectivity index (χ3v) is 1.41. The highest BCUT2D eigenvalue weighted by Gasteiger charge is 2.08. The molecule has 4 nitrogen and oxygen atoms in total. The van der Waals surface area contributed by atoms with Gasteiger partial charge in [-0.05, 0) is 12.1 Å². The first kappa shape index (κ1) is 5.34. The van der Waals surface area contributed by atoms with Crippen LogP contribution in [0.3, 0.4) is 0 Å². The van der Waals surface area contributed by atoms with Crippen LogP contribution in [0, 0.1) is 6.92 Å². The summed E-state index contributed by atoms with van der Waals surface area (Å²) in [6.45, 7) is 1.91. The van der Waals surface area contributed by atoms with Gasteiger partial charge in [0.2, 0.25) is 0 Å². The molecule has 0 aliphatic carbocycles. The van der Waals surface area contributed by atoms with Gasteiger partial charge in [-0.3, -0.25) is 4.98 Å². The molecule has 0 saturated heterocycles. The molecule has 0 amide bonds. The lowest BCUT2D eigenvalue weighted by Gasteiger charge is -1.90. The van der Waals surface area contributed by atoms with Crippen LogP contribution in [0.15, 0.2) is 17.0 Å². The molecular formula is C6H5N3O. The highest BCUT2D eigenvalue weighted by atomic mass is 16.6. The minimum Gasteiger partial charge on any atom is -0.258 e. The molecular weight excluding hydrogens is 130 g/mol. The van der Waals surface area contributed by atoms with E-state index in [4.69, 9.17) is 0 Å². The number of aryl methyl sites for hydroxylation is 1. The molecule has 0 aromatic heterocycles. The van der Waals surface area contributed by atoms with E-state index >= 15 is 0 Å². The van der Waals surface area contributed by atoms with Crippen molar-refractivity contribution in [1.29, 1.82) is 0 Å². The average molecular weight is 135 g/mol. The minimum atomic E-state index is 0.757. The molecule has 0 saturated carbocycles. The SMILES string of the molecule is Cc1ncc2noncc1-2. The van der Waals surface area contributed by atoms with Crippen LogP contribution in [0.2, 0.25) is 0 Å². The number of rotatable bonds is 0. The molecule has 2 heterocycles. The Morgan fingerprint density at radius 1 is 1.40 bits per heavy atom. The Morgan fingerprint density at radius 3 is 3.10 bits per heavy atom. The predicted octanol–water partition coefficient (Wildman–Crippen LogP) is 0.878. The Balaban J connectivity index is 2.78. The second-order valence-electron chi connectivity index (χ2n) is 2.05. The van der Waals surface area contributed by atoms with Crippen molar-refractivity contribution in [1.82, 2.24) is 15.3 Å². The van der Waals surface area contributed by atoms with E-state index in [1.807, 2.05) is 6.92 Å². The van der Waals surface area contributed by atoms with Gasteiger partial charge in [0, 0.05) is 11.3 Å². The smallest absolute Gasteiger partial charge is 0.135 e. The molecule has 2 rings (SSSR count). The molecule has 0 aromatic rings. The highest BCUT2D eigenvalue weighted by Crippen LogP contribution is 2.19. The summed E-state index contributed by atoms with van der Waals surface area (Å²) in [7, 11) is 0. The third-order valence-electron chi connectivity index (χ3n) is 1.41. The van der Waals surface area contributed by atoms with Crippen LogP contribution in [-0.4, -0.2) is 15.3 Å². The minimum absolute atomic E-state index is 0.757. The first-order chi connectivity index (χ1) is 4.88. The fourth-order valence-corrected chi connectivity index (χ4v) is 0.859. The maximum atomic E-state index is 4.46. The summed E-state index contributed by atoms with van der Waals surface area (Å²) in [5.74, 6) is 0. The van der Waals surface area contributed by atoms with E-state index in [0.29, 0.717) is 0 Å². The largest absolute Gasteiger partial charge is 0.258 e. The molecule has 0 radical (unpaired) electrons. The van der Waals surface area contributed by atoms with E-state index in [9.17, 15) is 0 Å². The second kappa shape index (κ2) is 1.76. The van der Waals surface area contributed by atoms with E-state index < -0.39 is 0 Å². The highest BCUT2D eigenvalue weighted by molar-refractivity contribution is 5.60. The van der Waals surface area contributed by atoms with E-state index in [-0.39, 0.29) is 0 Å². The lowest BCUT2D eigenvalue weighted by atomic mass is 10.2. The summed E-state index contributed by atoms with van der Waals surface area (Å²) in [5.41, 5.74) is 2.64. The topological polar surface area (TPSA) is 51.8 Å². The molecule has 4 heteroatoms. The molecule has 2 aliphatic heterocycles. The molecule has 10 heavy (non-hydrogen) atoms. The van der Waals surface area contributed by atoms with Gasteiger partial charge >= 0.3 is 0 Å². The Hall–Kier alpha value is -1.45. The van der Waals surface area contributed by atoms with Crippen molar-refractivity contribution in [3.05, 3.63) is 18.1 Å². The van der Waals surface area contributed by atoms with Crippen molar-refractivity contribution in [3.63, 3.8) is 0 Å². The first-order valence-corrected chi connectivity index (χ1v) is 2.91. The van der Waals surface area contributed by atoms with Crippen LogP contribution in [0.25, 0.3) is 11.3 Å². The molecule has 0 fully saturated rings. The molecule has 0 bridgehead atoms. The fraction of sp³-hybridized carbons (Fsp3) is 0.167. The summed E-state index contributed by atoms with van der Waals surface area (Å²) in [6, 6.07) is 0. The first-order valence-electron chi connectivity index (χ1n) is 2.91. The molecule has 0 atom stereocenters. The lowest BCUT2D eigenvalue weighted by molar-refractivity contribution is 0.284. The van der Waals surface area contributed by atoms with Gasteiger partial charge in [-0.2, -0.15) is 0 Å². The standard InChI is InChI=1S/C6H5N3O/c1-4-5-2-8-10-9-6(5)3-7-4/h2-3H,1H3. The van der Waals surface area contributed by atoms with Crippen LogP contribution < -0.4 is 0 Å². The molecule has 0 spiro atoms. The van der Waals surface area contributed by atoms with Gasteiger partial charge in [0.1, 0.15) is 5.69 Å². The van der Waals surface area contributed by atoms with Crippen LogP contribution >= 0.6 is 0 Å². The van der Waals surface area contributed by atoms with Crippen molar-refractivity contribution in [2.24, 2.45) is 0 Å².